The first-order chi connectivity index (χ1) is 20.3. The summed E-state index contributed by atoms with van der Waals surface area (Å²) in [6.45, 7) is 0.356. The minimum atomic E-state index is -5.19. The van der Waals surface area contributed by atoms with Crippen molar-refractivity contribution in [2.45, 2.75) is 23.8 Å². The molecule has 10 nitrogen and oxygen atoms in total. The van der Waals surface area contributed by atoms with Gasteiger partial charge in [-0.25, -0.2) is 22.6 Å². The highest BCUT2D eigenvalue weighted by atomic mass is 32.2. The Labute approximate surface area is 243 Å². The number of rotatable bonds is 6. The number of alkyl halides is 6. The highest BCUT2D eigenvalue weighted by Gasteiger charge is 2.36. The summed E-state index contributed by atoms with van der Waals surface area (Å²) in [6.07, 6.45) is -10.0. The number of hydrogen-bond donors (Lipinski definition) is 3. The Morgan fingerprint density at radius 2 is 1.59 bits per heavy atom. The highest BCUT2D eigenvalue weighted by Crippen LogP contribution is 2.32. The van der Waals surface area contributed by atoms with Crippen LogP contribution in [0, 0.1) is 5.82 Å². The lowest BCUT2D eigenvalue weighted by molar-refractivity contribution is -0.386. The van der Waals surface area contributed by atoms with E-state index in [4.69, 9.17) is 15.0 Å². The molecule has 0 aliphatic heterocycles. The first-order valence-corrected chi connectivity index (χ1v) is 13.4. The molecule has 44 heavy (non-hydrogen) atoms. The molecular weight excluding hydrogens is 627 g/mol. The Kier molecular flexibility index (Phi) is 9.82. The number of benzene rings is 3. The van der Waals surface area contributed by atoms with Gasteiger partial charge in [-0.15, -0.1) is 0 Å². The summed E-state index contributed by atoms with van der Waals surface area (Å²) in [4.78, 5) is 21.5. The van der Waals surface area contributed by atoms with Crippen LogP contribution in [0.4, 0.5) is 36.4 Å². The van der Waals surface area contributed by atoms with Crippen molar-refractivity contribution in [2.75, 3.05) is 5.32 Å². The number of primary sulfonamides is 1. The quantitative estimate of drug-likeness (QED) is 0.271. The van der Waals surface area contributed by atoms with E-state index in [2.05, 4.69) is 16.1 Å². The summed E-state index contributed by atoms with van der Waals surface area (Å²) in [7, 11) is -4.10. The molecule has 0 spiro atoms. The van der Waals surface area contributed by atoms with Gasteiger partial charge in [-0.3, -0.25) is 4.79 Å². The Morgan fingerprint density at radius 1 is 0.955 bits per heavy atom. The molecule has 0 aliphatic carbocycles. The number of halogens is 7. The first-order valence-electron chi connectivity index (χ1n) is 11.9. The van der Waals surface area contributed by atoms with Crippen molar-refractivity contribution >= 4 is 27.6 Å². The Hall–Kier alpha value is -4.81. The third-order valence-electron chi connectivity index (χ3n) is 5.63. The standard InChI is InChI=1S/C24H19F4N5O3S.C2HF3O2/c25-18-11-15(17-6-1-2-7-21(17)37(30,35)36)8-9-19(18)31-23(34)20-12-22(24(26,27)28)32-33(20)16-5-3-4-14(10-16)13-29;3-2(4,5)1(6)7/h1-12H,13,29H2,(H,31,34)(H2,30,35,36);(H,6,7). The summed E-state index contributed by atoms with van der Waals surface area (Å²) >= 11 is 0. The van der Waals surface area contributed by atoms with Gasteiger partial charge in [-0.05, 0) is 35.9 Å². The summed E-state index contributed by atoms with van der Waals surface area (Å²) in [5.74, 6) is -5.00. The van der Waals surface area contributed by atoms with Gasteiger partial charge in [0.15, 0.2) is 5.69 Å². The van der Waals surface area contributed by atoms with Crippen molar-refractivity contribution in [3.8, 4) is 16.8 Å². The molecule has 1 heterocycles. The lowest BCUT2D eigenvalue weighted by Crippen LogP contribution is -2.47. The molecule has 4 rings (SSSR count). The third kappa shape index (κ3) is 8.17. The van der Waals surface area contributed by atoms with E-state index in [1.165, 1.54) is 36.4 Å². The van der Waals surface area contributed by atoms with Crippen molar-refractivity contribution < 1.29 is 59.6 Å². The van der Waals surface area contributed by atoms with E-state index in [1.807, 2.05) is 0 Å². The predicted molar refractivity (Wildman–Crippen MR) is 137 cm³/mol. The van der Waals surface area contributed by atoms with Crippen LogP contribution in [0.25, 0.3) is 16.8 Å². The van der Waals surface area contributed by atoms with Crippen molar-refractivity contribution in [2.24, 2.45) is 5.14 Å². The Morgan fingerprint density at radius 3 is 2.14 bits per heavy atom. The lowest BCUT2D eigenvalue weighted by Gasteiger charge is -2.12. The number of carbonyl (C=O) groups is 2. The van der Waals surface area contributed by atoms with Gasteiger partial charge in [0.25, 0.3) is 5.91 Å². The van der Waals surface area contributed by atoms with Gasteiger partial charge in [0.05, 0.1) is 22.8 Å². The summed E-state index contributed by atoms with van der Waals surface area (Å²) in [6, 6.07) is 16.1. The van der Waals surface area contributed by atoms with E-state index >= 15 is 0 Å². The van der Waals surface area contributed by atoms with Crippen LogP contribution in [0.3, 0.4) is 0 Å². The number of quaternary nitrogens is 1. The average Bonchev–Trinajstić information content (AvgIpc) is 3.40. The number of anilines is 1. The molecule has 1 aromatic heterocycles. The summed E-state index contributed by atoms with van der Waals surface area (Å²) < 4.78 is 111. The van der Waals surface area contributed by atoms with Gasteiger partial charge in [0.1, 0.15) is 17.5 Å². The number of aliphatic carboxylic acids is 1. The number of sulfonamides is 1. The Bertz CT molecular complexity index is 1810. The first kappa shape index (κ1) is 33.7. The molecule has 0 saturated carbocycles. The maximum absolute atomic E-state index is 15.0. The molecule has 6 N–H and O–H groups in total. The van der Waals surface area contributed by atoms with Crippen LogP contribution in [0.2, 0.25) is 0 Å². The average molecular weight is 648 g/mol. The molecule has 0 fully saturated rings. The van der Waals surface area contributed by atoms with Gasteiger partial charge in [-0.1, -0.05) is 36.4 Å². The van der Waals surface area contributed by atoms with Crippen molar-refractivity contribution in [1.29, 1.82) is 0 Å². The fourth-order valence-electron chi connectivity index (χ4n) is 3.65. The number of carboxylic acid groups (broad SMARTS) is 1. The lowest BCUT2D eigenvalue weighted by atomic mass is 10.0. The molecule has 3 aromatic carbocycles. The number of nitrogens with two attached hydrogens (primary N) is 1. The second kappa shape index (κ2) is 12.8. The molecule has 0 bridgehead atoms. The maximum Gasteiger partial charge on any atom is 0.435 e. The van der Waals surface area contributed by atoms with E-state index in [0.717, 1.165) is 16.8 Å². The fourth-order valence-corrected chi connectivity index (χ4v) is 4.41. The molecule has 18 heteroatoms. The fraction of sp³-hybridized carbons (Fsp3) is 0.115. The zero-order valence-corrected chi connectivity index (χ0v) is 22.7. The second-order valence-corrected chi connectivity index (χ2v) is 10.2. The number of carbonyl (C=O) groups excluding carboxylic acids is 2. The number of nitrogens with zero attached hydrogens (tertiary/aromatic N) is 2. The van der Waals surface area contributed by atoms with Crippen molar-refractivity contribution in [3.63, 3.8) is 0 Å². The van der Waals surface area contributed by atoms with Crippen LogP contribution in [0.15, 0.2) is 77.7 Å². The largest absolute Gasteiger partial charge is 0.542 e. The van der Waals surface area contributed by atoms with E-state index in [1.54, 1.807) is 18.2 Å². The predicted octanol–water partition coefficient (Wildman–Crippen LogP) is 2.64. The number of amides is 1. The maximum atomic E-state index is 15.0. The summed E-state index contributed by atoms with van der Waals surface area (Å²) in [5.41, 5.74) is 2.82. The molecule has 0 radical (unpaired) electrons. The number of hydrogen-bond acceptors (Lipinski definition) is 6. The van der Waals surface area contributed by atoms with Crippen LogP contribution in [0.5, 0.6) is 0 Å². The topological polar surface area (TPSA) is 175 Å². The van der Waals surface area contributed by atoms with Crippen LogP contribution in [0.1, 0.15) is 21.7 Å². The van der Waals surface area contributed by atoms with E-state index in [0.29, 0.717) is 18.2 Å². The minimum Gasteiger partial charge on any atom is -0.542 e. The van der Waals surface area contributed by atoms with Crippen LogP contribution < -0.4 is 21.3 Å². The minimum absolute atomic E-state index is 0.139. The van der Waals surface area contributed by atoms with Gasteiger partial charge >= 0.3 is 12.4 Å². The third-order valence-corrected chi connectivity index (χ3v) is 6.60. The van der Waals surface area contributed by atoms with Crippen molar-refractivity contribution in [1.82, 2.24) is 9.78 Å². The molecule has 0 unspecified atom stereocenters. The van der Waals surface area contributed by atoms with E-state index < -0.39 is 51.5 Å². The Balaban J connectivity index is 0.000000676. The van der Waals surface area contributed by atoms with Crippen LogP contribution in [-0.2, 0) is 27.5 Å². The second-order valence-electron chi connectivity index (χ2n) is 8.72. The number of carboxylic acids is 1. The van der Waals surface area contributed by atoms with Crippen LogP contribution >= 0.6 is 0 Å². The van der Waals surface area contributed by atoms with Gasteiger partial charge in [-0.2, -0.15) is 31.4 Å². The van der Waals surface area contributed by atoms with Crippen molar-refractivity contribution in [3.05, 3.63) is 95.6 Å². The molecule has 4 aromatic rings. The van der Waals surface area contributed by atoms with Gasteiger partial charge in [0, 0.05) is 17.2 Å². The molecule has 0 saturated heterocycles. The summed E-state index contributed by atoms with van der Waals surface area (Å²) in [5, 5.41) is 19.8. The highest BCUT2D eigenvalue weighted by molar-refractivity contribution is 7.89. The molecule has 1 amide bonds. The molecular formula is C26H20F7N5O5S. The van der Waals surface area contributed by atoms with E-state index in [-0.39, 0.29) is 27.4 Å². The van der Waals surface area contributed by atoms with E-state index in [9.17, 15) is 43.9 Å². The molecule has 0 atom stereocenters. The SMILES string of the molecule is NS(=O)(=O)c1ccccc1-c1ccc(NC(=O)c2cc(C(F)(F)F)nn2-c2cccc(C[NH3+])c2)c(F)c1.O=C([O-])C(F)(F)F. The normalized spacial score (nSPS) is 11.8. The number of aromatic nitrogens is 2. The molecule has 0 aliphatic rings. The zero-order chi connectivity index (χ0) is 33.0. The van der Waals surface area contributed by atoms with Gasteiger partial charge < -0.3 is 21.0 Å². The zero-order valence-electron chi connectivity index (χ0n) is 21.9. The molecule has 234 valence electrons. The smallest absolute Gasteiger partial charge is 0.435 e. The van der Waals surface area contributed by atoms with Gasteiger partial charge in [0.2, 0.25) is 10.0 Å². The van der Waals surface area contributed by atoms with Crippen LogP contribution in [-0.4, -0.2) is 36.3 Å². The number of nitrogens with one attached hydrogen (secondary N) is 1. The monoisotopic (exact) mass is 647 g/mol.